The molecule has 0 aliphatic carbocycles. The van der Waals surface area contributed by atoms with E-state index in [4.69, 9.17) is 11.6 Å². The SMILES string of the molecule is CNC(=O)c1ccc(NC(=O)c2ccc(Cl)c(I)c2)cc1. The lowest BCUT2D eigenvalue weighted by Crippen LogP contribution is -2.17. The third kappa shape index (κ3) is 3.95. The van der Waals surface area contributed by atoms with Crippen molar-refractivity contribution in [2.45, 2.75) is 0 Å². The Morgan fingerprint density at radius 1 is 1.00 bits per heavy atom. The van der Waals surface area contributed by atoms with Crippen LogP contribution in [0.25, 0.3) is 0 Å². The van der Waals surface area contributed by atoms with Crippen LogP contribution in [0.1, 0.15) is 20.7 Å². The lowest BCUT2D eigenvalue weighted by atomic mass is 10.1. The maximum absolute atomic E-state index is 12.1. The van der Waals surface area contributed by atoms with Crippen LogP contribution in [0.15, 0.2) is 42.5 Å². The third-order valence-electron chi connectivity index (χ3n) is 2.81. The molecule has 6 heteroatoms. The molecule has 0 heterocycles. The molecule has 2 N–H and O–H groups in total. The van der Waals surface area contributed by atoms with Gasteiger partial charge in [0.15, 0.2) is 0 Å². The maximum atomic E-state index is 12.1. The van der Waals surface area contributed by atoms with Crippen LogP contribution in [0, 0.1) is 3.57 Å². The molecule has 21 heavy (non-hydrogen) atoms. The maximum Gasteiger partial charge on any atom is 0.255 e. The van der Waals surface area contributed by atoms with Gasteiger partial charge in [-0.3, -0.25) is 9.59 Å². The van der Waals surface area contributed by atoms with Crippen LogP contribution in [0.4, 0.5) is 5.69 Å². The van der Waals surface area contributed by atoms with Crippen molar-refractivity contribution in [2.75, 3.05) is 12.4 Å². The monoisotopic (exact) mass is 414 g/mol. The Hall–Kier alpha value is -1.60. The Morgan fingerprint density at radius 2 is 1.62 bits per heavy atom. The summed E-state index contributed by atoms with van der Waals surface area (Å²) in [5, 5.41) is 5.92. The largest absolute Gasteiger partial charge is 0.355 e. The Labute approximate surface area is 141 Å². The molecule has 2 amide bonds. The van der Waals surface area contributed by atoms with Gasteiger partial charge in [0.1, 0.15) is 0 Å². The number of anilines is 1. The molecule has 2 aromatic carbocycles. The van der Waals surface area contributed by atoms with Crippen LogP contribution in [0.5, 0.6) is 0 Å². The number of carbonyl (C=O) groups excluding carboxylic acids is 2. The number of hydrogen-bond acceptors (Lipinski definition) is 2. The van der Waals surface area contributed by atoms with Gasteiger partial charge in [0.2, 0.25) is 0 Å². The highest BCUT2D eigenvalue weighted by molar-refractivity contribution is 14.1. The molecule has 0 saturated carbocycles. The molecule has 0 radical (unpaired) electrons. The van der Waals surface area contributed by atoms with Crippen LogP contribution < -0.4 is 10.6 Å². The molecule has 0 aliphatic rings. The van der Waals surface area contributed by atoms with Gasteiger partial charge in [0, 0.05) is 27.4 Å². The molecule has 2 rings (SSSR count). The number of amides is 2. The predicted octanol–water partition coefficient (Wildman–Crippen LogP) is 3.56. The second kappa shape index (κ2) is 6.91. The quantitative estimate of drug-likeness (QED) is 0.755. The number of benzene rings is 2. The molecular weight excluding hydrogens is 403 g/mol. The summed E-state index contributed by atoms with van der Waals surface area (Å²) in [6.45, 7) is 0. The van der Waals surface area contributed by atoms with E-state index in [1.807, 2.05) is 0 Å². The summed E-state index contributed by atoms with van der Waals surface area (Å²) in [6.07, 6.45) is 0. The van der Waals surface area contributed by atoms with Crippen molar-refractivity contribution in [3.8, 4) is 0 Å². The fourth-order valence-corrected chi connectivity index (χ4v) is 2.32. The lowest BCUT2D eigenvalue weighted by molar-refractivity contribution is 0.0962. The van der Waals surface area contributed by atoms with Gasteiger partial charge in [-0.25, -0.2) is 0 Å². The summed E-state index contributed by atoms with van der Waals surface area (Å²) in [4.78, 5) is 23.5. The average molecular weight is 415 g/mol. The summed E-state index contributed by atoms with van der Waals surface area (Å²) in [7, 11) is 1.57. The van der Waals surface area contributed by atoms with Gasteiger partial charge in [0.25, 0.3) is 11.8 Å². The molecule has 0 aliphatic heterocycles. The van der Waals surface area contributed by atoms with Crippen LogP contribution >= 0.6 is 34.2 Å². The first-order chi connectivity index (χ1) is 10.0. The first-order valence-electron chi connectivity index (χ1n) is 6.10. The van der Waals surface area contributed by atoms with E-state index in [0.717, 1.165) is 3.57 Å². The van der Waals surface area contributed by atoms with Crippen molar-refractivity contribution in [2.24, 2.45) is 0 Å². The molecule has 0 bridgehead atoms. The van der Waals surface area contributed by atoms with Gasteiger partial charge in [-0.1, -0.05) is 11.6 Å². The fraction of sp³-hybridized carbons (Fsp3) is 0.0667. The van der Waals surface area contributed by atoms with E-state index >= 15 is 0 Å². The number of nitrogens with one attached hydrogen (secondary N) is 2. The highest BCUT2D eigenvalue weighted by atomic mass is 127. The summed E-state index contributed by atoms with van der Waals surface area (Å²) in [5.41, 5.74) is 1.69. The summed E-state index contributed by atoms with van der Waals surface area (Å²) < 4.78 is 0.817. The van der Waals surface area contributed by atoms with E-state index in [0.29, 0.717) is 21.8 Å². The van der Waals surface area contributed by atoms with Crippen LogP contribution in [0.2, 0.25) is 5.02 Å². The summed E-state index contributed by atoms with van der Waals surface area (Å²) in [5.74, 6) is -0.391. The predicted molar refractivity (Wildman–Crippen MR) is 92.0 cm³/mol. The molecular formula is C15H12ClIN2O2. The molecule has 0 unspecified atom stereocenters. The topological polar surface area (TPSA) is 58.2 Å². The van der Waals surface area contributed by atoms with Crippen LogP contribution in [0.3, 0.4) is 0 Å². The van der Waals surface area contributed by atoms with Gasteiger partial charge in [-0.05, 0) is 65.1 Å². The minimum Gasteiger partial charge on any atom is -0.355 e. The van der Waals surface area contributed by atoms with E-state index < -0.39 is 0 Å². The van der Waals surface area contributed by atoms with Gasteiger partial charge in [-0.2, -0.15) is 0 Å². The van der Waals surface area contributed by atoms with E-state index in [9.17, 15) is 9.59 Å². The Balaban J connectivity index is 2.12. The zero-order valence-corrected chi connectivity index (χ0v) is 14.0. The molecule has 2 aromatic rings. The Bertz CT molecular complexity index is 687. The zero-order valence-electron chi connectivity index (χ0n) is 11.1. The van der Waals surface area contributed by atoms with E-state index in [-0.39, 0.29) is 11.8 Å². The van der Waals surface area contributed by atoms with Crippen molar-refractivity contribution in [3.05, 3.63) is 62.2 Å². The average Bonchev–Trinajstić information content (AvgIpc) is 2.50. The number of rotatable bonds is 3. The minimum absolute atomic E-state index is 0.167. The van der Waals surface area contributed by atoms with Crippen molar-refractivity contribution < 1.29 is 9.59 Å². The summed E-state index contributed by atoms with van der Waals surface area (Å²) in [6, 6.07) is 11.7. The molecule has 0 fully saturated rings. The van der Waals surface area contributed by atoms with Crippen LogP contribution in [-0.4, -0.2) is 18.9 Å². The van der Waals surface area contributed by atoms with Gasteiger partial charge in [-0.15, -0.1) is 0 Å². The smallest absolute Gasteiger partial charge is 0.255 e. The van der Waals surface area contributed by atoms with Gasteiger partial charge >= 0.3 is 0 Å². The molecule has 108 valence electrons. The highest BCUT2D eigenvalue weighted by Crippen LogP contribution is 2.20. The number of carbonyl (C=O) groups is 2. The Morgan fingerprint density at radius 3 is 2.19 bits per heavy atom. The highest BCUT2D eigenvalue weighted by Gasteiger charge is 2.09. The molecule has 4 nitrogen and oxygen atoms in total. The first kappa shape index (κ1) is 15.8. The molecule has 0 atom stereocenters. The second-order valence-electron chi connectivity index (χ2n) is 4.24. The van der Waals surface area contributed by atoms with E-state index in [1.54, 1.807) is 49.5 Å². The fourth-order valence-electron chi connectivity index (χ4n) is 1.69. The van der Waals surface area contributed by atoms with E-state index in [1.165, 1.54) is 0 Å². The Kier molecular flexibility index (Phi) is 5.19. The standard InChI is InChI=1S/C15H12ClIN2O2/c1-18-14(20)9-2-5-11(6-3-9)19-15(21)10-4-7-12(16)13(17)8-10/h2-8H,1H3,(H,18,20)(H,19,21). The minimum atomic E-state index is -0.225. The van der Waals surface area contributed by atoms with Gasteiger partial charge in [0.05, 0.1) is 5.02 Å². The molecule has 0 spiro atoms. The van der Waals surface area contributed by atoms with Gasteiger partial charge < -0.3 is 10.6 Å². The molecule has 0 aromatic heterocycles. The second-order valence-corrected chi connectivity index (χ2v) is 5.81. The van der Waals surface area contributed by atoms with Crippen LogP contribution in [-0.2, 0) is 0 Å². The normalized spacial score (nSPS) is 10.0. The molecule has 0 saturated heterocycles. The number of hydrogen-bond donors (Lipinski definition) is 2. The zero-order chi connectivity index (χ0) is 15.4. The third-order valence-corrected chi connectivity index (χ3v) is 4.35. The first-order valence-corrected chi connectivity index (χ1v) is 7.55. The van der Waals surface area contributed by atoms with E-state index in [2.05, 4.69) is 33.2 Å². The summed E-state index contributed by atoms with van der Waals surface area (Å²) >= 11 is 8.00. The van der Waals surface area contributed by atoms with Crippen molar-refractivity contribution in [1.29, 1.82) is 0 Å². The van der Waals surface area contributed by atoms with Crippen molar-refractivity contribution in [1.82, 2.24) is 5.32 Å². The lowest BCUT2D eigenvalue weighted by Gasteiger charge is -2.07. The van der Waals surface area contributed by atoms with Crippen molar-refractivity contribution >= 4 is 51.7 Å². The van der Waals surface area contributed by atoms with Crippen molar-refractivity contribution in [3.63, 3.8) is 0 Å². The number of halogens is 2.